The highest BCUT2D eigenvalue weighted by molar-refractivity contribution is 7.91. The number of nitrogens with zero attached hydrogens (tertiary/aromatic N) is 2. The van der Waals surface area contributed by atoms with Crippen molar-refractivity contribution in [3.8, 4) is 0 Å². The topological polar surface area (TPSA) is 69.0 Å². The van der Waals surface area contributed by atoms with Crippen LogP contribution in [0.5, 0.6) is 0 Å². The first kappa shape index (κ1) is 9.91. The molecule has 13 heavy (non-hydrogen) atoms. The maximum Gasteiger partial charge on any atom is 0.267 e. The Balaban J connectivity index is 3.36. The van der Waals surface area contributed by atoms with Gasteiger partial charge in [-0.1, -0.05) is 6.92 Å². The molecule has 1 aromatic heterocycles. The smallest absolute Gasteiger partial charge is 0.267 e. The van der Waals surface area contributed by atoms with Gasteiger partial charge in [-0.15, -0.1) is 0 Å². The summed E-state index contributed by atoms with van der Waals surface area (Å²) in [5, 5.41) is 3.62. The first-order valence-electron chi connectivity index (χ1n) is 3.73. The van der Waals surface area contributed by atoms with Gasteiger partial charge in [0.25, 0.3) is 5.56 Å². The maximum absolute atomic E-state index is 11.3. The first-order chi connectivity index (χ1) is 5.97. The van der Waals surface area contributed by atoms with Crippen LogP contribution in [0.1, 0.15) is 6.92 Å². The van der Waals surface area contributed by atoms with Gasteiger partial charge < -0.3 is 0 Å². The van der Waals surface area contributed by atoms with Crippen molar-refractivity contribution in [2.24, 2.45) is 7.05 Å². The molecule has 0 fully saturated rings. The molecule has 1 heterocycles. The van der Waals surface area contributed by atoms with Gasteiger partial charge in [-0.25, -0.2) is 13.1 Å². The molecule has 5 nitrogen and oxygen atoms in total. The molecule has 0 amide bonds. The fraction of sp³-hybridized carbons (Fsp3) is 0.429. The Morgan fingerprint density at radius 2 is 2.15 bits per heavy atom. The van der Waals surface area contributed by atoms with E-state index in [9.17, 15) is 13.2 Å². The third-order valence-electron chi connectivity index (χ3n) is 1.68. The van der Waals surface area contributed by atoms with Gasteiger partial charge in [-0.3, -0.25) is 4.79 Å². The van der Waals surface area contributed by atoms with Crippen molar-refractivity contribution in [1.29, 1.82) is 0 Å². The van der Waals surface area contributed by atoms with Gasteiger partial charge in [0.1, 0.15) is 0 Å². The second-order valence-electron chi connectivity index (χ2n) is 2.56. The Hall–Kier alpha value is -1.17. The highest BCUT2D eigenvalue weighted by atomic mass is 32.2. The van der Waals surface area contributed by atoms with Crippen molar-refractivity contribution in [2.45, 2.75) is 11.8 Å². The van der Waals surface area contributed by atoms with E-state index in [0.29, 0.717) is 0 Å². The normalized spacial score (nSPS) is 11.5. The summed E-state index contributed by atoms with van der Waals surface area (Å²) >= 11 is 0. The molecule has 0 spiro atoms. The van der Waals surface area contributed by atoms with Crippen molar-refractivity contribution >= 4 is 9.84 Å². The highest BCUT2D eigenvalue weighted by Gasteiger charge is 2.12. The molecule has 1 aromatic rings. The molecular weight excluding hydrogens is 192 g/mol. The SMILES string of the molecule is CCS(=O)(=O)c1cnn(C)c(=O)c1. The van der Waals surface area contributed by atoms with Gasteiger partial charge in [0.15, 0.2) is 9.84 Å². The number of aromatic nitrogens is 2. The molecule has 1 rings (SSSR count). The summed E-state index contributed by atoms with van der Waals surface area (Å²) in [4.78, 5) is 11.0. The van der Waals surface area contributed by atoms with E-state index >= 15 is 0 Å². The summed E-state index contributed by atoms with van der Waals surface area (Å²) in [6, 6.07) is 1.08. The predicted octanol–water partition coefficient (Wildman–Crippen LogP) is -0.426. The maximum atomic E-state index is 11.3. The Labute approximate surface area is 75.9 Å². The van der Waals surface area contributed by atoms with Crippen LogP contribution in [0.2, 0.25) is 0 Å². The minimum absolute atomic E-state index is 0.0156. The average Bonchev–Trinajstić information content (AvgIpc) is 2.09. The van der Waals surface area contributed by atoms with Crippen LogP contribution in [0, 0.1) is 0 Å². The molecule has 0 aliphatic carbocycles. The molecule has 0 saturated heterocycles. The lowest BCUT2D eigenvalue weighted by atomic mass is 10.6. The Bertz CT molecular complexity index is 461. The number of hydrogen-bond acceptors (Lipinski definition) is 4. The van der Waals surface area contributed by atoms with Gasteiger partial charge in [-0.05, 0) is 0 Å². The van der Waals surface area contributed by atoms with Crippen LogP contribution in [0.3, 0.4) is 0 Å². The van der Waals surface area contributed by atoms with Crippen LogP contribution in [0.15, 0.2) is 22.0 Å². The monoisotopic (exact) mass is 202 g/mol. The summed E-state index contributed by atoms with van der Waals surface area (Å²) in [5.74, 6) is -0.0259. The minimum atomic E-state index is -3.31. The van der Waals surface area contributed by atoms with Crippen LogP contribution in [-0.4, -0.2) is 24.0 Å². The molecule has 0 saturated carbocycles. The summed E-state index contributed by atoms with van der Waals surface area (Å²) in [7, 11) is -1.85. The fourth-order valence-electron chi connectivity index (χ4n) is 0.790. The summed E-state index contributed by atoms with van der Waals surface area (Å²) < 4.78 is 23.6. The molecule has 0 unspecified atom stereocenters. The Morgan fingerprint density at radius 1 is 1.54 bits per heavy atom. The molecule has 0 bridgehead atoms. The molecule has 0 N–H and O–H groups in total. The van der Waals surface area contributed by atoms with Crippen LogP contribution in [-0.2, 0) is 16.9 Å². The third-order valence-corrected chi connectivity index (χ3v) is 3.38. The van der Waals surface area contributed by atoms with Gasteiger partial charge in [0.05, 0.1) is 16.8 Å². The van der Waals surface area contributed by atoms with Crippen molar-refractivity contribution in [1.82, 2.24) is 9.78 Å². The number of rotatable bonds is 2. The van der Waals surface area contributed by atoms with E-state index in [1.165, 1.54) is 20.2 Å². The molecule has 0 aliphatic rings. The van der Waals surface area contributed by atoms with Crippen LogP contribution in [0.25, 0.3) is 0 Å². The van der Waals surface area contributed by atoms with E-state index in [2.05, 4.69) is 5.10 Å². The number of sulfone groups is 1. The standard InChI is InChI=1S/C7H10N2O3S/c1-3-13(11,12)6-4-7(10)9(2)8-5-6/h4-5H,3H2,1-2H3. The zero-order valence-corrected chi connectivity index (χ0v) is 8.21. The van der Waals surface area contributed by atoms with Gasteiger partial charge in [-0.2, -0.15) is 5.10 Å². The molecule has 0 atom stereocenters. The lowest BCUT2D eigenvalue weighted by Crippen LogP contribution is -2.20. The zero-order valence-electron chi connectivity index (χ0n) is 7.39. The molecule has 0 aliphatic heterocycles. The van der Waals surface area contributed by atoms with E-state index in [0.717, 1.165) is 10.7 Å². The summed E-state index contributed by atoms with van der Waals surface area (Å²) in [5.41, 5.74) is -0.422. The van der Waals surface area contributed by atoms with E-state index in [1.54, 1.807) is 0 Å². The van der Waals surface area contributed by atoms with Gasteiger partial charge in [0, 0.05) is 13.1 Å². The van der Waals surface area contributed by atoms with Crippen LogP contribution in [0.4, 0.5) is 0 Å². The minimum Gasteiger partial charge on any atom is -0.268 e. The van der Waals surface area contributed by atoms with Crippen molar-refractivity contribution in [3.63, 3.8) is 0 Å². The largest absolute Gasteiger partial charge is 0.268 e. The molecular formula is C7H10N2O3S. The van der Waals surface area contributed by atoms with Crippen molar-refractivity contribution in [3.05, 3.63) is 22.6 Å². The van der Waals surface area contributed by atoms with Gasteiger partial charge >= 0.3 is 0 Å². The fourth-order valence-corrected chi connectivity index (χ4v) is 1.61. The van der Waals surface area contributed by atoms with Gasteiger partial charge in [0.2, 0.25) is 0 Å². The summed E-state index contributed by atoms with van der Waals surface area (Å²) in [6.45, 7) is 1.52. The van der Waals surface area contributed by atoms with E-state index in [4.69, 9.17) is 0 Å². The predicted molar refractivity (Wildman–Crippen MR) is 47.2 cm³/mol. The van der Waals surface area contributed by atoms with Crippen LogP contribution < -0.4 is 5.56 Å². The molecule has 0 aromatic carbocycles. The van der Waals surface area contributed by atoms with E-state index in [-0.39, 0.29) is 10.6 Å². The van der Waals surface area contributed by atoms with Crippen molar-refractivity contribution in [2.75, 3.05) is 5.75 Å². The van der Waals surface area contributed by atoms with Crippen molar-refractivity contribution < 1.29 is 8.42 Å². The Kier molecular flexibility index (Phi) is 2.51. The van der Waals surface area contributed by atoms with E-state index < -0.39 is 15.4 Å². The number of aryl methyl sites for hydroxylation is 1. The lowest BCUT2D eigenvalue weighted by Gasteiger charge is -2.00. The zero-order chi connectivity index (χ0) is 10.1. The molecule has 6 heteroatoms. The Morgan fingerprint density at radius 3 is 2.62 bits per heavy atom. The molecule has 0 radical (unpaired) electrons. The summed E-state index contributed by atoms with van der Waals surface area (Å²) in [6.07, 6.45) is 1.18. The second kappa shape index (κ2) is 3.29. The third kappa shape index (κ3) is 1.95. The highest BCUT2D eigenvalue weighted by Crippen LogP contribution is 2.04. The lowest BCUT2D eigenvalue weighted by molar-refractivity contribution is 0.593. The molecule has 72 valence electrons. The first-order valence-corrected chi connectivity index (χ1v) is 5.38. The van der Waals surface area contributed by atoms with Crippen LogP contribution >= 0.6 is 0 Å². The average molecular weight is 202 g/mol. The quantitative estimate of drug-likeness (QED) is 0.652. The second-order valence-corrected chi connectivity index (χ2v) is 4.83. The van der Waals surface area contributed by atoms with E-state index in [1.807, 2.05) is 0 Å². The number of hydrogen-bond donors (Lipinski definition) is 0.